The molecule has 0 saturated carbocycles. The molecule has 4 aromatic rings. The Balaban J connectivity index is 1.63. The lowest BCUT2D eigenvalue weighted by molar-refractivity contribution is 0.0912. The zero-order valence-electron chi connectivity index (χ0n) is 15.3. The van der Waals surface area contributed by atoms with Crippen LogP contribution in [0.25, 0.3) is 23.1 Å². The van der Waals surface area contributed by atoms with Gasteiger partial charge in [0.15, 0.2) is 0 Å². The molecular weight excluding hydrogens is 389 g/mol. The number of aromatic nitrogens is 2. The molecule has 2 heterocycles. The van der Waals surface area contributed by atoms with E-state index in [2.05, 4.69) is 15.5 Å². The summed E-state index contributed by atoms with van der Waals surface area (Å²) in [7, 11) is 0. The zero-order valence-corrected chi connectivity index (χ0v) is 16.1. The van der Waals surface area contributed by atoms with Crippen LogP contribution in [0.4, 0.5) is 4.39 Å². The number of H-pyrrole nitrogens is 1. The predicted molar refractivity (Wildman–Crippen MR) is 113 cm³/mol. The Morgan fingerprint density at radius 3 is 2.76 bits per heavy atom. The standard InChI is InChI=1S/C22H18FN3O2S/c23-18-12-20-17(19(25-26-20)9-8-15-7-4-10-29-15)11-16(18)22(28)24-21(13-27)14-5-2-1-3-6-14/h1-12,21,27H,13H2,(H,24,28)(H,25,26)/b9-8+/t21-/m1/s1. The molecule has 0 spiro atoms. The molecule has 29 heavy (non-hydrogen) atoms. The fraction of sp³-hybridized carbons (Fsp3) is 0.0909. The molecule has 0 aliphatic heterocycles. The predicted octanol–water partition coefficient (Wildman–Crippen LogP) is 4.40. The molecule has 2 aromatic carbocycles. The minimum absolute atomic E-state index is 0.0981. The Hall–Kier alpha value is -3.29. The van der Waals surface area contributed by atoms with Gasteiger partial charge in [-0.05, 0) is 35.2 Å². The van der Waals surface area contributed by atoms with Crippen molar-refractivity contribution in [2.75, 3.05) is 6.61 Å². The van der Waals surface area contributed by atoms with Gasteiger partial charge >= 0.3 is 0 Å². The van der Waals surface area contributed by atoms with Crippen molar-refractivity contribution >= 4 is 40.3 Å². The second kappa shape index (κ2) is 8.38. The summed E-state index contributed by atoms with van der Waals surface area (Å²) in [6.07, 6.45) is 3.74. The Labute approximate surface area is 170 Å². The number of hydrogen-bond acceptors (Lipinski definition) is 4. The number of thiophene rings is 1. The molecule has 3 N–H and O–H groups in total. The molecule has 0 aliphatic carbocycles. The number of aliphatic hydroxyl groups excluding tert-OH is 1. The third kappa shape index (κ3) is 4.11. The SMILES string of the molecule is O=C(N[C@H](CO)c1ccccc1)c1cc2c(/C=C/c3cccs3)n[nH]c2cc1F. The number of nitrogens with one attached hydrogen (secondary N) is 2. The molecule has 0 saturated heterocycles. The molecule has 1 amide bonds. The second-order valence-corrected chi connectivity index (χ2v) is 7.43. The smallest absolute Gasteiger partial charge is 0.254 e. The molecule has 7 heteroatoms. The number of carbonyl (C=O) groups excluding carboxylic acids is 1. The van der Waals surface area contributed by atoms with Gasteiger partial charge in [0, 0.05) is 16.3 Å². The topological polar surface area (TPSA) is 78.0 Å². The molecule has 2 aromatic heterocycles. The van der Waals surface area contributed by atoms with Gasteiger partial charge < -0.3 is 10.4 Å². The molecule has 0 unspecified atom stereocenters. The number of hydrogen-bond donors (Lipinski definition) is 3. The first kappa shape index (κ1) is 19.0. The summed E-state index contributed by atoms with van der Waals surface area (Å²) in [5.41, 5.74) is 1.77. The highest BCUT2D eigenvalue weighted by Crippen LogP contribution is 2.24. The molecule has 0 fully saturated rings. The average Bonchev–Trinajstić information content (AvgIpc) is 3.39. The number of rotatable bonds is 6. The fourth-order valence-electron chi connectivity index (χ4n) is 3.06. The largest absolute Gasteiger partial charge is 0.394 e. The zero-order chi connectivity index (χ0) is 20.2. The summed E-state index contributed by atoms with van der Waals surface area (Å²) in [6, 6.07) is 15.1. The molecule has 146 valence electrons. The lowest BCUT2D eigenvalue weighted by Crippen LogP contribution is -2.31. The quantitative estimate of drug-likeness (QED) is 0.443. The first-order valence-electron chi connectivity index (χ1n) is 9.01. The maximum absolute atomic E-state index is 14.6. The van der Waals surface area contributed by atoms with Crippen molar-refractivity contribution in [1.82, 2.24) is 15.5 Å². The Morgan fingerprint density at radius 2 is 2.03 bits per heavy atom. The Kier molecular flexibility index (Phi) is 5.50. The van der Waals surface area contributed by atoms with Gasteiger partial charge in [0.2, 0.25) is 0 Å². The Bertz CT molecular complexity index is 1150. The van der Waals surface area contributed by atoms with Crippen molar-refractivity contribution in [3.05, 3.63) is 87.5 Å². The van der Waals surface area contributed by atoms with Crippen LogP contribution in [0.3, 0.4) is 0 Å². The van der Waals surface area contributed by atoms with Crippen LogP contribution in [0.1, 0.15) is 32.5 Å². The van der Waals surface area contributed by atoms with Crippen molar-refractivity contribution in [2.45, 2.75) is 6.04 Å². The highest BCUT2D eigenvalue weighted by molar-refractivity contribution is 7.10. The van der Waals surface area contributed by atoms with Gasteiger partial charge in [-0.15, -0.1) is 11.3 Å². The molecule has 4 rings (SSSR count). The van der Waals surface area contributed by atoms with E-state index in [0.717, 1.165) is 10.4 Å². The highest BCUT2D eigenvalue weighted by Gasteiger charge is 2.19. The number of aromatic amines is 1. The van der Waals surface area contributed by atoms with Crippen molar-refractivity contribution in [2.24, 2.45) is 0 Å². The molecule has 0 aliphatic rings. The van der Waals surface area contributed by atoms with Crippen LogP contribution in [0.5, 0.6) is 0 Å². The number of nitrogens with zero attached hydrogens (tertiary/aromatic N) is 1. The number of benzene rings is 2. The van der Waals surface area contributed by atoms with Crippen molar-refractivity contribution < 1.29 is 14.3 Å². The van der Waals surface area contributed by atoms with Crippen LogP contribution in [-0.2, 0) is 0 Å². The van der Waals surface area contributed by atoms with Crippen LogP contribution >= 0.6 is 11.3 Å². The summed E-state index contributed by atoms with van der Waals surface area (Å²) in [5, 5.41) is 22.0. The molecule has 0 radical (unpaired) electrons. The monoisotopic (exact) mass is 407 g/mol. The molecule has 5 nitrogen and oxygen atoms in total. The van der Waals surface area contributed by atoms with Crippen LogP contribution in [0.15, 0.2) is 60.0 Å². The second-order valence-electron chi connectivity index (χ2n) is 6.45. The maximum Gasteiger partial charge on any atom is 0.254 e. The fourth-order valence-corrected chi connectivity index (χ4v) is 3.68. The summed E-state index contributed by atoms with van der Waals surface area (Å²) in [5.74, 6) is -1.25. The normalized spacial score (nSPS) is 12.5. The van der Waals surface area contributed by atoms with E-state index in [4.69, 9.17) is 0 Å². The lowest BCUT2D eigenvalue weighted by atomic mass is 10.1. The van der Waals surface area contributed by atoms with E-state index in [0.29, 0.717) is 16.6 Å². The van der Waals surface area contributed by atoms with Crippen molar-refractivity contribution in [3.63, 3.8) is 0 Å². The van der Waals surface area contributed by atoms with E-state index in [1.807, 2.05) is 47.9 Å². The summed E-state index contributed by atoms with van der Waals surface area (Å²) in [4.78, 5) is 13.8. The summed E-state index contributed by atoms with van der Waals surface area (Å²) >= 11 is 1.60. The molecule has 1 atom stereocenters. The van der Waals surface area contributed by atoms with Gasteiger partial charge in [0.1, 0.15) is 5.82 Å². The number of fused-ring (bicyclic) bond motifs is 1. The highest BCUT2D eigenvalue weighted by atomic mass is 32.1. The van der Waals surface area contributed by atoms with E-state index in [-0.39, 0.29) is 12.2 Å². The van der Waals surface area contributed by atoms with Crippen LogP contribution in [0.2, 0.25) is 0 Å². The average molecular weight is 407 g/mol. The van der Waals surface area contributed by atoms with Crippen molar-refractivity contribution in [1.29, 1.82) is 0 Å². The Morgan fingerprint density at radius 1 is 1.21 bits per heavy atom. The number of carbonyl (C=O) groups is 1. The van der Waals surface area contributed by atoms with Crippen molar-refractivity contribution in [3.8, 4) is 0 Å². The van der Waals surface area contributed by atoms with Gasteiger partial charge in [0.05, 0.1) is 29.4 Å². The minimum atomic E-state index is -0.655. The van der Waals surface area contributed by atoms with Gasteiger partial charge in [-0.2, -0.15) is 5.10 Å². The number of halogens is 1. The van der Waals surface area contributed by atoms with Gasteiger partial charge in [-0.1, -0.05) is 36.4 Å². The third-order valence-corrected chi connectivity index (χ3v) is 5.40. The van der Waals surface area contributed by atoms with Gasteiger partial charge in [-0.3, -0.25) is 9.89 Å². The van der Waals surface area contributed by atoms with Crippen LogP contribution in [0, 0.1) is 5.82 Å². The number of aliphatic hydroxyl groups is 1. The minimum Gasteiger partial charge on any atom is -0.394 e. The van der Waals surface area contributed by atoms with Crippen LogP contribution in [-0.4, -0.2) is 27.8 Å². The number of amides is 1. The lowest BCUT2D eigenvalue weighted by Gasteiger charge is -2.17. The van der Waals surface area contributed by atoms with E-state index >= 15 is 0 Å². The van der Waals surface area contributed by atoms with Gasteiger partial charge in [0.25, 0.3) is 5.91 Å². The third-order valence-electron chi connectivity index (χ3n) is 4.56. The van der Waals surface area contributed by atoms with E-state index in [1.54, 1.807) is 23.5 Å². The first-order valence-corrected chi connectivity index (χ1v) is 9.89. The van der Waals surface area contributed by atoms with E-state index in [9.17, 15) is 14.3 Å². The van der Waals surface area contributed by atoms with Gasteiger partial charge in [-0.25, -0.2) is 4.39 Å². The summed E-state index contributed by atoms with van der Waals surface area (Å²) in [6.45, 7) is -0.292. The summed E-state index contributed by atoms with van der Waals surface area (Å²) < 4.78 is 14.6. The van der Waals surface area contributed by atoms with E-state index < -0.39 is 17.8 Å². The van der Waals surface area contributed by atoms with E-state index in [1.165, 1.54) is 12.1 Å². The first-order chi connectivity index (χ1) is 14.2. The molecule has 0 bridgehead atoms. The molecular formula is C22H18FN3O2S. The van der Waals surface area contributed by atoms with Crippen LogP contribution < -0.4 is 5.32 Å². The maximum atomic E-state index is 14.6.